The largest absolute Gasteiger partial charge is 0.401 e. The van der Waals surface area contributed by atoms with Crippen LogP contribution in [0.1, 0.15) is 49.9 Å². The summed E-state index contributed by atoms with van der Waals surface area (Å²) in [5.41, 5.74) is 3.19. The van der Waals surface area contributed by atoms with E-state index in [9.17, 15) is 0 Å². The van der Waals surface area contributed by atoms with E-state index in [0.717, 1.165) is 35.8 Å². The van der Waals surface area contributed by atoms with Crippen molar-refractivity contribution < 1.29 is 13.2 Å². The van der Waals surface area contributed by atoms with E-state index in [1.165, 1.54) is 16.9 Å². The summed E-state index contributed by atoms with van der Waals surface area (Å²) < 4.78 is 40.3. The summed E-state index contributed by atoms with van der Waals surface area (Å²) in [6.45, 7) is 7.29. The van der Waals surface area contributed by atoms with Crippen molar-refractivity contribution in [2.45, 2.75) is 57.2 Å². The molecule has 1 aliphatic heterocycles. The quantitative estimate of drug-likeness (QED) is 0.169. The average Bonchev–Trinajstić information content (AvgIpc) is 3.57. The summed E-state index contributed by atoms with van der Waals surface area (Å²) >= 11 is 4.98. The number of fused-ring (bicyclic) bond motifs is 3. The van der Waals surface area contributed by atoms with Gasteiger partial charge in [0.1, 0.15) is 0 Å². The highest BCUT2D eigenvalue weighted by Crippen LogP contribution is 2.44. The lowest BCUT2D eigenvalue weighted by Crippen LogP contribution is -2.67. The number of para-hydroxylation sites is 1. The molecule has 0 aliphatic carbocycles. The normalized spacial score (nSPS) is 18.2. The average molecular weight is 681 g/mol. The van der Waals surface area contributed by atoms with Crippen LogP contribution in [-0.4, -0.2) is 48.3 Å². The van der Waals surface area contributed by atoms with Crippen molar-refractivity contribution in [2.75, 3.05) is 13.2 Å². The zero-order valence-electron chi connectivity index (χ0n) is 24.8. The van der Waals surface area contributed by atoms with Crippen LogP contribution in [0.25, 0.3) is 10.9 Å². The first-order valence-electron chi connectivity index (χ1n) is 14.6. The van der Waals surface area contributed by atoms with E-state index >= 15 is 8.78 Å². The van der Waals surface area contributed by atoms with Gasteiger partial charge < -0.3 is 9.41 Å². The Balaban J connectivity index is 1.36. The van der Waals surface area contributed by atoms with Crippen LogP contribution in [0.2, 0.25) is 5.04 Å². The van der Waals surface area contributed by atoms with Gasteiger partial charge in [-0.25, -0.2) is 13.8 Å². The number of benzene rings is 3. The van der Waals surface area contributed by atoms with Crippen molar-refractivity contribution in [2.24, 2.45) is 0 Å². The summed E-state index contributed by atoms with van der Waals surface area (Å²) in [5, 5.41) is 2.75. The SMILES string of the molecule is C[C@@H]1Cc2c([nH]c3ccccc23)[C@@H](c2cnc(Br)s2)N1CC(F)(F)CO[Si](c1ccccc1)(c1ccccc1)C(C)(C)C. The number of aromatic amines is 1. The zero-order chi connectivity index (χ0) is 30.4. The highest BCUT2D eigenvalue weighted by Gasteiger charge is 2.52. The van der Waals surface area contributed by atoms with E-state index in [0.29, 0.717) is 6.42 Å². The number of aromatic nitrogens is 2. The second-order valence-electron chi connectivity index (χ2n) is 12.5. The molecule has 0 saturated heterocycles. The van der Waals surface area contributed by atoms with Gasteiger partial charge in [-0.05, 0) is 56.3 Å². The van der Waals surface area contributed by atoms with Gasteiger partial charge in [0, 0.05) is 33.7 Å². The number of nitrogens with zero attached hydrogens (tertiary/aromatic N) is 2. The maximum absolute atomic E-state index is 16.4. The number of H-pyrrole nitrogens is 1. The number of hydrogen-bond donors (Lipinski definition) is 1. The number of alkyl halides is 2. The van der Waals surface area contributed by atoms with Crippen molar-refractivity contribution in [3.63, 3.8) is 0 Å². The van der Waals surface area contributed by atoms with Crippen LogP contribution in [0.5, 0.6) is 0 Å². The molecule has 2 atom stereocenters. The molecule has 0 radical (unpaired) electrons. The number of nitrogens with one attached hydrogen (secondary N) is 1. The predicted octanol–water partition coefficient (Wildman–Crippen LogP) is 7.93. The first-order chi connectivity index (χ1) is 20.5. The third-order valence-electron chi connectivity index (χ3n) is 8.61. The zero-order valence-corrected chi connectivity index (χ0v) is 28.2. The van der Waals surface area contributed by atoms with Gasteiger partial charge in [0.2, 0.25) is 0 Å². The highest BCUT2D eigenvalue weighted by atomic mass is 79.9. The van der Waals surface area contributed by atoms with E-state index in [1.54, 1.807) is 6.20 Å². The summed E-state index contributed by atoms with van der Waals surface area (Å²) in [6.07, 6.45) is 2.48. The molecule has 3 heterocycles. The topological polar surface area (TPSA) is 41.2 Å². The molecule has 1 aliphatic rings. The fourth-order valence-corrected chi connectivity index (χ4v) is 12.8. The molecular formula is C34H36BrF2N3OSSi. The minimum atomic E-state index is -3.12. The van der Waals surface area contributed by atoms with Crippen LogP contribution in [0.4, 0.5) is 8.78 Å². The van der Waals surface area contributed by atoms with Gasteiger partial charge in [-0.2, -0.15) is 0 Å². The molecule has 0 fully saturated rings. The van der Waals surface area contributed by atoms with Crippen LogP contribution < -0.4 is 10.4 Å². The Hall–Kier alpha value is -2.69. The highest BCUT2D eigenvalue weighted by molar-refractivity contribution is 9.11. The molecule has 5 aromatic rings. The Morgan fingerprint density at radius 1 is 0.977 bits per heavy atom. The molecule has 0 unspecified atom stereocenters. The van der Waals surface area contributed by atoms with Crippen LogP contribution in [0.3, 0.4) is 0 Å². The van der Waals surface area contributed by atoms with Gasteiger partial charge in [0.15, 0.2) is 3.92 Å². The molecular weight excluding hydrogens is 644 g/mol. The summed E-state index contributed by atoms with van der Waals surface area (Å²) in [4.78, 5) is 10.9. The van der Waals surface area contributed by atoms with Gasteiger partial charge in [-0.1, -0.05) is 99.6 Å². The van der Waals surface area contributed by atoms with Crippen molar-refractivity contribution in [3.05, 3.63) is 111 Å². The maximum atomic E-state index is 16.4. The summed E-state index contributed by atoms with van der Waals surface area (Å²) in [7, 11) is -3.12. The van der Waals surface area contributed by atoms with Crippen molar-refractivity contribution >= 4 is 56.9 Å². The lowest BCUT2D eigenvalue weighted by Gasteiger charge is -2.45. The Morgan fingerprint density at radius 2 is 1.58 bits per heavy atom. The Labute approximate surface area is 265 Å². The minimum absolute atomic E-state index is 0.115. The molecule has 0 saturated carbocycles. The molecule has 2 aromatic heterocycles. The Bertz CT molecular complexity index is 1660. The molecule has 1 N–H and O–H groups in total. The standard InChI is InChI=1S/C34H36BrF2N3OSSi/c1-23-19-27-26-17-11-12-18-28(26)39-30(27)31(29-20-38-32(35)42-29)40(23)21-34(36,37)22-41-43(33(2,3)4,24-13-7-5-8-14-24)25-15-9-6-10-16-25/h5-18,20,23,31,39H,19,21-22H2,1-4H3/t23-,31-/m1/s1. The lowest BCUT2D eigenvalue weighted by atomic mass is 9.91. The smallest absolute Gasteiger partial charge is 0.282 e. The second-order valence-corrected chi connectivity index (χ2v) is 19.2. The lowest BCUT2D eigenvalue weighted by molar-refractivity contribution is -0.0818. The molecule has 43 heavy (non-hydrogen) atoms. The van der Waals surface area contributed by atoms with Gasteiger partial charge in [0.05, 0.1) is 19.2 Å². The molecule has 0 bridgehead atoms. The van der Waals surface area contributed by atoms with E-state index in [4.69, 9.17) is 4.43 Å². The number of hydrogen-bond acceptors (Lipinski definition) is 4. The summed E-state index contributed by atoms with van der Waals surface area (Å²) in [5.74, 6) is -3.11. The second kappa shape index (κ2) is 11.7. The molecule has 3 aromatic carbocycles. The molecule has 0 spiro atoms. The van der Waals surface area contributed by atoms with Crippen LogP contribution in [0, 0.1) is 0 Å². The monoisotopic (exact) mass is 679 g/mol. The van der Waals surface area contributed by atoms with Crippen LogP contribution in [0.15, 0.2) is 95.0 Å². The Morgan fingerprint density at radius 3 is 2.16 bits per heavy atom. The third kappa shape index (κ3) is 5.66. The van der Waals surface area contributed by atoms with Gasteiger partial charge >= 0.3 is 0 Å². The number of halogens is 3. The fourth-order valence-electron chi connectivity index (χ4n) is 6.74. The van der Waals surface area contributed by atoms with Gasteiger partial charge in [-0.15, -0.1) is 11.3 Å². The molecule has 9 heteroatoms. The van der Waals surface area contributed by atoms with Crippen molar-refractivity contribution in [1.82, 2.24) is 14.9 Å². The molecule has 4 nitrogen and oxygen atoms in total. The van der Waals surface area contributed by atoms with Crippen LogP contribution >= 0.6 is 27.3 Å². The maximum Gasteiger partial charge on any atom is 0.282 e. The Kier molecular flexibility index (Phi) is 8.23. The fraction of sp³-hybridized carbons (Fsp3) is 0.324. The van der Waals surface area contributed by atoms with Crippen molar-refractivity contribution in [3.8, 4) is 0 Å². The predicted molar refractivity (Wildman–Crippen MR) is 178 cm³/mol. The van der Waals surface area contributed by atoms with E-state index in [-0.39, 0.29) is 17.1 Å². The van der Waals surface area contributed by atoms with Gasteiger partial charge in [0.25, 0.3) is 14.2 Å². The molecule has 224 valence electrons. The molecule has 6 rings (SSSR count). The van der Waals surface area contributed by atoms with E-state index in [2.05, 4.69) is 58.8 Å². The van der Waals surface area contributed by atoms with Gasteiger partial charge in [-0.3, -0.25) is 4.90 Å². The minimum Gasteiger partial charge on any atom is -0.401 e. The van der Waals surface area contributed by atoms with Crippen LogP contribution in [-0.2, 0) is 10.8 Å². The first-order valence-corrected chi connectivity index (χ1v) is 18.1. The summed E-state index contributed by atoms with van der Waals surface area (Å²) in [6, 6.07) is 27.6. The number of rotatable bonds is 8. The third-order valence-corrected chi connectivity index (χ3v) is 15.1. The molecule has 0 amide bonds. The van der Waals surface area contributed by atoms with E-state index < -0.39 is 27.4 Å². The first kappa shape index (κ1) is 30.3. The number of thiazole rings is 1. The van der Waals surface area contributed by atoms with Crippen molar-refractivity contribution in [1.29, 1.82) is 0 Å². The van der Waals surface area contributed by atoms with E-state index in [1.807, 2.05) is 84.6 Å².